The summed E-state index contributed by atoms with van der Waals surface area (Å²) in [5.41, 5.74) is 1.09. The van der Waals surface area contributed by atoms with Crippen molar-refractivity contribution >= 4 is 17.5 Å². The fraction of sp³-hybridized carbons (Fsp3) is 0.500. The summed E-state index contributed by atoms with van der Waals surface area (Å²) >= 11 is 6.16. The van der Waals surface area contributed by atoms with Crippen molar-refractivity contribution in [1.82, 2.24) is 25.2 Å². The van der Waals surface area contributed by atoms with Crippen molar-refractivity contribution in [3.05, 3.63) is 46.7 Å². The minimum absolute atomic E-state index is 0.146. The molecule has 0 atom stereocenters. The van der Waals surface area contributed by atoms with Crippen LogP contribution in [-0.2, 0) is 11.3 Å². The Hall–Kier alpha value is -1.96. The van der Waals surface area contributed by atoms with Crippen LogP contribution in [-0.4, -0.2) is 64.2 Å². The van der Waals surface area contributed by atoms with Crippen LogP contribution in [0.4, 0.5) is 0 Å². The molecule has 0 aliphatic carbocycles. The van der Waals surface area contributed by atoms with E-state index >= 15 is 0 Å². The lowest BCUT2D eigenvalue weighted by Gasteiger charge is -2.40. The molecule has 1 aromatic heterocycles. The Labute approximate surface area is 158 Å². The van der Waals surface area contributed by atoms with Crippen LogP contribution in [0.5, 0.6) is 0 Å². The summed E-state index contributed by atoms with van der Waals surface area (Å²) in [7, 11) is 0. The molecular formula is C18H24ClN5O2. The number of hydrogen-bond donors (Lipinski definition) is 1. The van der Waals surface area contributed by atoms with Gasteiger partial charge >= 0.3 is 0 Å². The molecular weight excluding hydrogens is 354 g/mol. The number of hydrogen-bond acceptors (Lipinski definition) is 5. The summed E-state index contributed by atoms with van der Waals surface area (Å²) in [4.78, 5) is 14.7. The van der Waals surface area contributed by atoms with Gasteiger partial charge in [0.1, 0.15) is 0 Å². The Bertz CT molecular complexity index is 756. The standard InChI is InChI=1S/C18H24ClN5O2/c1-18(2,23-7-9-26-10-8-23)13-20-17(25)16-12-24(22-21-16)11-14-5-3-4-6-15(14)19/h3-6,12H,7-11,13H2,1-2H3,(H,20,25). The molecule has 1 fully saturated rings. The number of carbonyl (C=O) groups excluding carboxylic acids is 1. The predicted molar refractivity (Wildman–Crippen MR) is 99.4 cm³/mol. The van der Waals surface area contributed by atoms with Crippen molar-refractivity contribution in [2.24, 2.45) is 0 Å². The van der Waals surface area contributed by atoms with Crippen molar-refractivity contribution in [3.8, 4) is 0 Å². The number of benzene rings is 1. The molecule has 2 heterocycles. The highest BCUT2D eigenvalue weighted by molar-refractivity contribution is 6.31. The molecule has 1 aliphatic rings. The van der Waals surface area contributed by atoms with E-state index in [0.29, 0.717) is 23.8 Å². The smallest absolute Gasteiger partial charge is 0.273 e. The van der Waals surface area contributed by atoms with Crippen molar-refractivity contribution in [3.63, 3.8) is 0 Å². The zero-order valence-corrected chi connectivity index (χ0v) is 15.9. The van der Waals surface area contributed by atoms with Gasteiger partial charge in [-0.3, -0.25) is 9.69 Å². The minimum Gasteiger partial charge on any atom is -0.379 e. The molecule has 0 spiro atoms. The Morgan fingerprint density at radius 3 is 2.77 bits per heavy atom. The monoisotopic (exact) mass is 377 g/mol. The van der Waals surface area contributed by atoms with E-state index in [1.54, 1.807) is 10.9 Å². The van der Waals surface area contributed by atoms with Crippen LogP contribution < -0.4 is 5.32 Å². The molecule has 1 saturated heterocycles. The molecule has 7 nitrogen and oxygen atoms in total. The first kappa shape index (κ1) is 18.8. The summed E-state index contributed by atoms with van der Waals surface area (Å²) in [6.45, 7) is 8.44. The second-order valence-electron chi connectivity index (χ2n) is 6.99. The molecule has 2 aromatic rings. The van der Waals surface area contributed by atoms with Crippen molar-refractivity contribution in [2.75, 3.05) is 32.8 Å². The first-order chi connectivity index (χ1) is 12.5. The number of ether oxygens (including phenoxy) is 1. The Kier molecular flexibility index (Phi) is 5.90. The van der Waals surface area contributed by atoms with E-state index in [4.69, 9.17) is 16.3 Å². The Morgan fingerprint density at radius 2 is 2.04 bits per heavy atom. The lowest BCUT2D eigenvalue weighted by atomic mass is 10.0. The van der Waals surface area contributed by atoms with Crippen LogP contribution in [0.3, 0.4) is 0 Å². The third-order valence-electron chi connectivity index (χ3n) is 4.61. The fourth-order valence-electron chi connectivity index (χ4n) is 2.95. The van der Waals surface area contributed by atoms with Crippen LogP contribution in [0.2, 0.25) is 5.02 Å². The molecule has 0 saturated carbocycles. The number of aromatic nitrogens is 3. The largest absolute Gasteiger partial charge is 0.379 e. The molecule has 1 aromatic carbocycles. The van der Waals surface area contributed by atoms with Crippen LogP contribution >= 0.6 is 11.6 Å². The highest BCUT2D eigenvalue weighted by Crippen LogP contribution is 2.16. The van der Waals surface area contributed by atoms with Gasteiger partial charge in [0.15, 0.2) is 5.69 Å². The highest BCUT2D eigenvalue weighted by atomic mass is 35.5. The average Bonchev–Trinajstić information content (AvgIpc) is 3.11. The van der Waals surface area contributed by atoms with E-state index in [0.717, 1.165) is 31.9 Å². The van der Waals surface area contributed by atoms with Gasteiger partial charge in [0.05, 0.1) is 26.0 Å². The molecule has 1 N–H and O–H groups in total. The first-order valence-electron chi connectivity index (χ1n) is 8.70. The Balaban J connectivity index is 1.57. The predicted octanol–water partition coefficient (Wildman–Crippen LogP) is 1.82. The van der Waals surface area contributed by atoms with Gasteiger partial charge in [-0.05, 0) is 25.5 Å². The van der Waals surface area contributed by atoms with Crippen molar-refractivity contribution in [1.29, 1.82) is 0 Å². The van der Waals surface area contributed by atoms with Crippen molar-refractivity contribution < 1.29 is 9.53 Å². The molecule has 0 radical (unpaired) electrons. The molecule has 140 valence electrons. The highest BCUT2D eigenvalue weighted by Gasteiger charge is 2.29. The van der Waals surface area contributed by atoms with Crippen LogP contribution in [0.25, 0.3) is 0 Å². The SMILES string of the molecule is CC(C)(CNC(=O)c1cn(Cc2ccccc2Cl)nn1)N1CCOCC1. The topological polar surface area (TPSA) is 72.3 Å². The third kappa shape index (κ3) is 4.60. The number of morpholine rings is 1. The van der Waals surface area contributed by atoms with Crippen LogP contribution in [0, 0.1) is 0 Å². The fourth-order valence-corrected chi connectivity index (χ4v) is 3.14. The molecule has 0 unspecified atom stereocenters. The van der Waals surface area contributed by atoms with Gasteiger partial charge in [-0.2, -0.15) is 0 Å². The molecule has 8 heteroatoms. The van der Waals surface area contributed by atoms with Gasteiger partial charge in [-0.1, -0.05) is 35.0 Å². The number of halogens is 1. The summed E-state index contributed by atoms with van der Waals surface area (Å²) < 4.78 is 7.00. The van der Waals surface area contributed by atoms with E-state index < -0.39 is 0 Å². The van der Waals surface area contributed by atoms with Crippen LogP contribution in [0.1, 0.15) is 29.9 Å². The summed E-state index contributed by atoms with van der Waals surface area (Å²) in [6, 6.07) is 7.55. The number of amides is 1. The zero-order chi connectivity index (χ0) is 18.6. The van der Waals surface area contributed by atoms with Gasteiger partial charge in [0.25, 0.3) is 5.91 Å². The van der Waals surface area contributed by atoms with Gasteiger partial charge in [-0.15, -0.1) is 5.10 Å². The summed E-state index contributed by atoms with van der Waals surface area (Å²) in [5, 5.41) is 11.6. The second kappa shape index (κ2) is 8.16. The Morgan fingerprint density at radius 1 is 1.31 bits per heavy atom. The molecule has 26 heavy (non-hydrogen) atoms. The summed E-state index contributed by atoms with van der Waals surface area (Å²) in [5.74, 6) is -0.225. The third-order valence-corrected chi connectivity index (χ3v) is 4.98. The maximum atomic E-state index is 12.4. The van der Waals surface area contributed by atoms with Gasteiger partial charge < -0.3 is 10.1 Å². The normalized spacial score (nSPS) is 15.8. The van der Waals surface area contributed by atoms with E-state index in [-0.39, 0.29) is 11.4 Å². The van der Waals surface area contributed by atoms with Gasteiger partial charge in [0, 0.05) is 30.2 Å². The van der Waals surface area contributed by atoms with Gasteiger partial charge in [-0.25, -0.2) is 4.68 Å². The molecule has 1 amide bonds. The maximum absolute atomic E-state index is 12.4. The average molecular weight is 378 g/mol. The lowest BCUT2D eigenvalue weighted by Crippen LogP contribution is -2.55. The first-order valence-corrected chi connectivity index (χ1v) is 9.08. The lowest BCUT2D eigenvalue weighted by molar-refractivity contribution is -0.00924. The van der Waals surface area contributed by atoms with E-state index in [1.165, 1.54) is 0 Å². The van der Waals surface area contributed by atoms with Crippen molar-refractivity contribution in [2.45, 2.75) is 25.9 Å². The molecule has 3 rings (SSSR count). The van der Waals surface area contributed by atoms with Crippen LogP contribution in [0.15, 0.2) is 30.5 Å². The summed E-state index contributed by atoms with van der Waals surface area (Å²) in [6.07, 6.45) is 1.64. The maximum Gasteiger partial charge on any atom is 0.273 e. The number of nitrogens with one attached hydrogen (secondary N) is 1. The number of carbonyl (C=O) groups is 1. The second-order valence-corrected chi connectivity index (χ2v) is 7.39. The quantitative estimate of drug-likeness (QED) is 0.831. The number of nitrogens with zero attached hydrogens (tertiary/aromatic N) is 4. The van der Waals surface area contributed by atoms with E-state index in [2.05, 4.69) is 34.4 Å². The number of rotatable bonds is 6. The molecule has 0 bridgehead atoms. The molecule has 1 aliphatic heterocycles. The minimum atomic E-state index is -0.225. The van der Waals surface area contributed by atoms with E-state index in [1.807, 2.05) is 24.3 Å². The van der Waals surface area contributed by atoms with E-state index in [9.17, 15) is 4.79 Å². The van der Waals surface area contributed by atoms with Gasteiger partial charge in [0.2, 0.25) is 0 Å². The zero-order valence-electron chi connectivity index (χ0n) is 15.1.